The number of hydrogen-bond acceptors (Lipinski definition) is 6. The van der Waals surface area contributed by atoms with Crippen LogP contribution in [0.2, 0.25) is 0 Å². The highest BCUT2D eigenvalue weighted by Crippen LogP contribution is 2.19. The minimum absolute atomic E-state index is 0.00426. The van der Waals surface area contributed by atoms with Crippen LogP contribution in [0.4, 0.5) is 11.4 Å². The fraction of sp³-hybridized carbons (Fsp3) is 0.111. The van der Waals surface area contributed by atoms with E-state index in [-0.39, 0.29) is 12.4 Å². The van der Waals surface area contributed by atoms with Gasteiger partial charge in [0, 0.05) is 12.1 Å². The van der Waals surface area contributed by atoms with Crippen LogP contribution in [0.25, 0.3) is 0 Å². The molecule has 0 fully saturated rings. The highest BCUT2D eigenvalue weighted by Gasteiger charge is 2.10. The van der Waals surface area contributed by atoms with Crippen molar-refractivity contribution in [1.82, 2.24) is 14.9 Å². The minimum atomic E-state index is -0.480. The van der Waals surface area contributed by atoms with Gasteiger partial charge in [0.2, 0.25) is 0 Å². The van der Waals surface area contributed by atoms with E-state index in [1.165, 1.54) is 46.6 Å². The van der Waals surface area contributed by atoms with Crippen molar-refractivity contribution < 1.29 is 10.0 Å². The Bertz CT molecular complexity index is 496. The molecule has 2 aromatic rings. The standard InChI is InChI=1S/C9H9N5O3/c15-7-13(12-5-10-11-6-12)8-1-3-9(4-2-8)14(16)17/h1-6,15H,7H2. The van der Waals surface area contributed by atoms with Crippen LogP contribution >= 0.6 is 0 Å². The Morgan fingerprint density at radius 3 is 2.35 bits per heavy atom. The van der Waals surface area contributed by atoms with E-state index in [9.17, 15) is 15.2 Å². The first-order valence-corrected chi connectivity index (χ1v) is 4.70. The Hall–Kier alpha value is -2.48. The molecule has 8 heteroatoms. The third kappa shape index (κ3) is 2.21. The molecule has 0 bridgehead atoms. The molecule has 0 radical (unpaired) electrons. The van der Waals surface area contributed by atoms with Crippen LogP contribution in [0.5, 0.6) is 0 Å². The maximum atomic E-state index is 10.5. The lowest BCUT2D eigenvalue weighted by atomic mass is 10.3. The Kier molecular flexibility index (Phi) is 2.97. The first-order chi connectivity index (χ1) is 8.22. The molecule has 1 heterocycles. The van der Waals surface area contributed by atoms with Crippen LogP contribution in [-0.2, 0) is 0 Å². The number of aliphatic hydroxyl groups is 1. The summed E-state index contributed by atoms with van der Waals surface area (Å²) in [5.74, 6) is 0. The molecule has 0 aliphatic rings. The van der Waals surface area contributed by atoms with E-state index in [2.05, 4.69) is 10.2 Å². The summed E-state index contributed by atoms with van der Waals surface area (Å²) >= 11 is 0. The fourth-order valence-electron chi connectivity index (χ4n) is 1.35. The predicted molar refractivity (Wildman–Crippen MR) is 58.1 cm³/mol. The van der Waals surface area contributed by atoms with E-state index in [1.807, 2.05) is 0 Å². The van der Waals surface area contributed by atoms with Crippen LogP contribution in [0.1, 0.15) is 0 Å². The number of hydrogen-bond donors (Lipinski definition) is 1. The Labute approximate surface area is 95.9 Å². The molecule has 1 N–H and O–H groups in total. The molecule has 0 unspecified atom stereocenters. The summed E-state index contributed by atoms with van der Waals surface area (Å²) < 4.78 is 1.47. The van der Waals surface area contributed by atoms with Crippen LogP contribution in [0.15, 0.2) is 36.9 Å². The van der Waals surface area contributed by atoms with Gasteiger partial charge in [0.15, 0.2) is 0 Å². The van der Waals surface area contributed by atoms with Gasteiger partial charge in [-0.1, -0.05) is 0 Å². The molecular formula is C9H9N5O3. The number of anilines is 1. The van der Waals surface area contributed by atoms with Gasteiger partial charge in [-0.05, 0) is 12.1 Å². The van der Waals surface area contributed by atoms with Gasteiger partial charge in [0.05, 0.1) is 10.6 Å². The molecule has 0 spiro atoms. The fourth-order valence-corrected chi connectivity index (χ4v) is 1.35. The first kappa shape index (κ1) is 11.0. The first-order valence-electron chi connectivity index (χ1n) is 4.70. The van der Waals surface area contributed by atoms with E-state index in [4.69, 9.17) is 0 Å². The number of nitrogens with zero attached hydrogens (tertiary/aromatic N) is 5. The monoisotopic (exact) mass is 235 g/mol. The summed E-state index contributed by atoms with van der Waals surface area (Å²) in [6.07, 6.45) is 2.83. The van der Waals surface area contributed by atoms with E-state index >= 15 is 0 Å². The second-order valence-electron chi connectivity index (χ2n) is 3.16. The maximum Gasteiger partial charge on any atom is 0.269 e. The van der Waals surface area contributed by atoms with Gasteiger partial charge >= 0.3 is 0 Å². The van der Waals surface area contributed by atoms with Gasteiger partial charge in [-0.2, -0.15) is 0 Å². The van der Waals surface area contributed by atoms with E-state index < -0.39 is 4.92 Å². The second-order valence-corrected chi connectivity index (χ2v) is 3.16. The third-order valence-electron chi connectivity index (χ3n) is 2.18. The zero-order valence-electron chi connectivity index (χ0n) is 8.67. The summed E-state index contributed by atoms with van der Waals surface area (Å²) in [6.45, 7) is -0.296. The van der Waals surface area contributed by atoms with E-state index in [0.29, 0.717) is 5.69 Å². The molecule has 0 aliphatic carbocycles. The molecule has 0 aliphatic heterocycles. The van der Waals surface area contributed by atoms with Crippen LogP contribution in [0, 0.1) is 10.1 Å². The molecule has 1 aromatic carbocycles. The normalized spacial score (nSPS) is 10.2. The van der Waals surface area contributed by atoms with Crippen molar-refractivity contribution in [2.24, 2.45) is 0 Å². The summed E-state index contributed by atoms with van der Waals surface area (Å²) in [5.41, 5.74) is 0.591. The zero-order chi connectivity index (χ0) is 12.3. The number of nitro groups is 1. The molecular weight excluding hydrogens is 226 g/mol. The number of aliphatic hydroxyl groups excluding tert-OH is 1. The quantitative estimate of drug-likeness (QED) is 0.468. The summed E-state index contributed by atoms with van der Waals surface area (Å²) in [5, 5.41) is 28.4. The third-order valence-corrected chi connectivity index (χ3v) is 2.18. The van der Waals surface area contributed by atoms with Gasteiger partial charge in [-0.15, -0.1) is 10.2 Å². The number of nitro benzene ring substituents is 1. The van der Waals surface area contributed by atoms with Gasteiger partial charge in [0.25, 0.3) is 5.69 Å². The average molecular weight is 235 g/mol. The lowest BCUT2D eigenvalue weighted by molar-refractivity contribution is -0.384. The second kappa shape index (κ2) is 4.58. The molecule has 88 valence electrons. The number of rotatable bonds is 4. The zero-order valence-corrected chi connectivity index (χ0v) is 8.67. The summed E-state index contributed by atoms with van der Waals surface area (Å²) in [4.78, 5) is 10.0. The molecule has 0 atom stereocenters. The van der Waals surface area contributed by atoms with Gasteiger partial charge in [0.1, 0.15) is 19.4 Å². The molecule has 2 rings (SSSR count). The molecule has 1 aromatic heterocycles. The van der Waals surface area contributed by atoms with Crippen molar-refractivity contribution in [2.45, 2.75) is 0 Å². The van der Waals surface area contributed by atoms with E-state index in [1.54, 1.807) is 0 Å². The number of aromatic nitrogens is 3. The molecule has 17 heavy (non-hydrogen) atoms. The van der Waals surface area contributed by atoms with Crippen molar-refractivity contribution in [3.05, 3.63) is 47.0 Å². The molecule has 0 saturated heterocycles. The van der Waals surface area contributed by atoms with Gasteiger partial charge < -0.3 is 5.11 Å². The van der Waals surface area contributed by atoms with Crippen LogP contribution < -0.4 is 5.01 Å². The summed E-state index contributed by atoms with van der Waals surface area (Å²) in [7, 11) is 0. The molecule has 0 amide bonds. The van der Waals surface area contributed by atoms with Gasteiger partial charge in [-0.3, -0.25) is 15.1 Å². The number of non-ortho nitro benzene ring substituents is 1. The predicted octanol–water partition coefficient (Wildman–Crippen LogP) is 0.406. The highest BCUT2D eigenvalue weighted by molar-refractivity contribution is 5.50. The van der Waals surface area contributed by atoms with Gasteiger partial charge in [-0.25, -0.2) is 4.68 Å². The van der Waals surface area contributed by atoms with Crippen LogP contribution in [0.3, 0.4) is 0 Å². The smallest absolute Gasteiger partial charge is 0.269 e. The highest BCUT2D eigenvalue weighted by atomic mass is 16.6. The lowest BCUT2D eigenvalue weighted by Gasteiger charge is -2.21. The van der Waals surface area contributed by atoms with Crippen molar-refractivity contribution in [2.75, 3.05) is 11.7 Å². The average Bonchev–Trinajstić information content (AvgIpc) is 2.84. The number of benzene rings is 1. The Morgan fingerprint density at radius 1 is 1.29 bits per heavy atom. The van der Waals surface area contributed by atoms with Crippen LogP contribution in [-0.4, -0.2) is 31.6 Å². The van der Waals surface area contributed by atoms with Crippen molar-refractivity contribution in [1.29, 1.82) is 0 Å². The maximum absolute atomic E-state index is 10.5. The Balaban J connectivity index is 2.29. The topological polar surface area (TPSA) is 97.3 Å². The summed E-state index contributed by atoms with van der Waals surface area (Å²) in [6, 6.07) is 5.80. The Morgan fingerprint density at radius 2 is 1.88 bits per heavy atom. The lowest BCUT2D eigenvalue weighted by Crippen LogP contribution is -2.29. The molecule has 0 saturated carbocycles. The van der Waals surface area contributed by atoms with Crippen molar-refractivity contribution in [3.63, 3.8) is 0 Å². The minimum Gasteiger partial charge on any atom is -0.375 e. The van der Waals surface area contributed by atoms with Crippen molar-refractivity contribution >= 4 is 11.4 Å². The van der Waals surface area contributed by atoms with Crippen molar-refractivity contribution in [3.8, 4) is 0 Å². The van der Waals surface area contributed by atoms with E-state index in [0.717, 1.165) is 0 Å². The SMILES string of the molecule is O=[N+]([O-])c1ccc(N(CO)n2cnnc2)cc1. The molecule has 8 nitrogen and oxygen atoms in total. The largest absolute Gasteiger partial charge is 0.375 e.